The maximum atomic E-state index is 11.5. The Morgan fingerprint density at radius 3 is 2.26 bits per heavy atom. The summed E-state index contributed by atoms with van der Waals surface area (Å²) in [6, 6.07) is 4.99. The summed E-state index contributed by atoms with van der Waals surface area (Å²) in [5.41, 5.74) is -0.176. The van der Waals surface area contributed by atoms with Gasteiger partial charge in [0.1, 0.15) is 5.57 Å². The largest absolute Gasteiger partial charge is 0.595 e. The van der Waals surface area contributed by atoms with E-state index >= 15 is 0 Å². The summed E-state index contributed by atoms with van der Waals surface area (Å²) >= 11 is 0. The molecule has 1 unspecified atom stereocenters. The second-order valence-corrected chi connectivity index (χ2v) is 3.69. The second-order valence-electron chi connectivity index (χ2n) is 3.69. The number of rotatable bonds is 2. The number of carbonyl (C=O) groups is 3. The SMILES string of the molecule is O=C1NC(=O)C(=Cc2ccccc2[NH+]([O-])O)C(=O)N1. The standard InChI is InChI=1S/C11H9N3O5/c15-9-7(10(16)13-11(17)12-9)5-6-3-1-2-4-8(6)14(18)19/h1-5,14,18H,(H2,12,13,15,16,17). The van der Waals surface area contributed by atoms with Crippen molar-refractivity contribution in [2.75, 3.05) is 0 Å². The molecular formula is C11H9N3O5. The number of carbonyl (C=O) groups excluding carboxylic acids is 3. The molecule has 1 saturated heterocycles. The number of barbiturate groups is 1. The first-order valence-corrected chi connectivity index (χ1v) is 5.19. The van der Waals surface area contributed by atoms with Crippen LogP contribution >= 0.6 is 0 Å². The number of urea groups is 1. The molecule has 8 nitrogen and oxygen atoms in total. The molecule has 0 aliphatic carbocycles. The number of hydrogen-bond donors (Lipinski definition) is 4. The summed E-state index contributed by atoms with van der Waals surface area (Å²) < 4.78 is 0. The van der Waals surface area contributed by atoms with Gasteiger partial charge in [0.2, 0.25) is 0 Å². The molecule has 98 valence electrons. The number of amides is 4. The summed E-state index contributed by atoms with van der Waals surface area (Å²) in [4.78, 5) is 33.9. The molecule has 0 spiro atoms. The van der Waals surface area contributed by atoms with E-state index in [0.717, 1.165) is 6.08 Å². The Balaban J connectivity index is 2.43. The Morgan fingerprint density at radius 1 is 1.11 bits per heavy atom. The highest BCUT2D eigenvalue weighted by atomic mass is 16.8. The van der Waals surface area contributed by atoms with Gasteiger partial charge in [-0.2, -0.15) is 5.23 Å². The van der Waals surface area contributed by atoms with Crippen molar-refractivity contribution < 1.29 is 24.8 Å². The van der Waals surface area contributed by atoms with Gasteiger partial charge in [-0.25, -0.2) is 10.0 Å². The molecule has 0 saturated carbocycles. The molecule has 0 radical (unpaired) electrons. The predicted molar refractivity (Wildman–Crippen MR) is 61.9 cm³/mol. The van der Waals surface area contributed by atoms with Crippen molar-refractivity contribution in [2.45, 2.75) is 0 Å². The molecule has 1 aromatic carbocycles. The zero-order valence-corrected chi connectivity index (χ0v) is 9.47. The monoisotopic (exact) mass is 263 g/mol. The van der Waals surface area contributed by atoms with Crippen LogP contribution in [-0.4, -0.2) is 23.1 Å². The van der Waals surface area contributed by atoms with E-state index in [4.69, 9.17) is 5.21 Å². The molecule has 1 aliphatic rings. The number of para-hydroxylation sites is 1. The summed E-state index contributed by atoms with van der Waals surface area (Å²) in [5, 5.41) is 22.6. The lowest BCUT2D eigenvalue weighted by Crippen LogP contribution is -2.99. The summed E-state index contributed by atoms with van der Waals surface area (Å²) in [6.07, 6.45) is 1.13. The molecule has 0 bridgehead atoms. The van der Waals surface area contributed by atoms with E-state index in [1.165, 1.54) is 18.2 Å². The summed E-state index contributed by atoms with van der Waals surface area (Å²) in [6.45, 7) is 0. The topological polar surface area (TPSA) is 123 Å². The first-order valence-electron chi connectivity index (χ1n) is 5.19. The van der Waals surface area contributed by atoms with E-state index in [9.17, 15) is 19.6 Å². The first-order chi connectivity index (χ1) is 8.99. The fourth-order valence-corrected chi connectivity index (χ4v) is 1.58. The highest BCUT2D eigenvalue weighted by molar-refractivity contribution is 6.31. The van der Waals surface area contributed by atoms with Crippen molar-refractivity contribution in [3.63, 3.8) is 0 Å². The lowest BCUT2D eigenvalue weighted by Gasteiger charge is -2.16. The minimum absolute atomic E-state index is 0.0486. The first kappa shape index (κ1) is 12.9. The maximum absolute atomic E-state index is 11.5. The Morgan fingerprint density at radius 2 is 1.68 bits per heavy atom. The van der Waals surface area contributed by atoms with Crippen LogP contribution in [-0.2, 0) is 9.59 Å². The number of quaternary nitrogens is 1. The van der Waals surface area contributed by atoms with Crippen molar-refractivity contribution in [2.24, 2.45) is 0 Å². The average Bonchev–Trinajstić information content (AvgIpc) is 2.34. The highest BCUT2D eigenvalue weighted by Gasteiger charge is 2.28. The van der Waals surface area contributed by atoms with Crippen molar-refractivity contribution in [3.8, 4) is 0 Å². The molecule has 1 heterocycles. The van der Waals surface area contributed by atoms with Crippen molar-refractivity contribution in [3.05, 3.63) is 40.6 Å². The normalized spacial score (nSPS) is 16.7. The molecule has 1 fully saturated rings. The lowest BCUT2D eigenvalue weighted by atomic mass is 10.1. The van der Waals surface area contributed by atoms with Gasteiger partial charge >= 0.3 is 6.03 Å². The zero-order valence-electron chi connectivity index (χ0n) is 9.47. The Hall–Kier alpha value is -2.55. The highest BCUT2D eigenvalue weighted by Crippen LogP contribution is 2.15. The molecule has 0 aromatic heterocycles. The van der Waals surface area contributed by atoms with Crippen molar-refractivity contribution in [1.82, 2.24) is 10.6 Å². The molecule has 1 aliphatic heterocycles. The van der Waals surface area contributed by atoms with Crippen molar-refractivity contribution in [1.29, 1.82) is 0 Å². The van der Waals surface area contributed by atoms with E-state index in [0.29, 0.717) is 0 Å². The zero-order chi connectivity index (χ0) is 14.0. The number of nitrogens with one attached hydrogen (secondary N) is 3. The van der Waals surface area contributed by atoms with Gasteiger partial charge in [0.05, 0.1) is 0 Å². The molecular weight excluding hydrogens is 254 g/mol. The van der Waals surface area contributed by atoms with Gasteiger partial charge in [-0.3, -0.25) is 20.2 Å². The van der Waals surface area contributed by atoms with Gasteiger partial charge in [0.25, 0.3) is 11.8 Å². The van der Waals surface area contributed by atoms with Crippen LogP contribution < -0.4 is 15.9 Å². The molecule has 1 aromatic rings. The summed E-state index contributed by atoms with van der Waals surface area (Å²) in [5.74, 6) is -1.73. The van der Waals surface area contributed by atoms with Crippen LogP contribution in [0.5, 0.6) is 0 Å². The quantitative estimate of drug-likeness (QED) is 0.304. The van der Waals surface area contributed by atoms with E-state index in [2.05, 4.69) is 0 Å². The molecule has 1 atom stereocenters. The fourth-order valence-electron chi connectivity index (χ4n) is 1.58. The van der Waals surface area contributed by atoms with Crippen LogP contribution in [0.25, 0.3) is 6.08 Å². The van der Waals surface area contributed by atoms with Gasteiger partial charge in [-0.05, 0) is 12.1 Å². The van der Waals surface area contributed by atoms with E-state index in [1.807, 2.05) is 10.6 Å². The molecule has 2 rings (SSSR count). The molecule has 8 heteroatoms. The van der Waals surface area contributed by atoms with Gasteiger partial charge < -0.3 is 5.21 Å². The van der Waals surface area contributed by atoms with Gasteiger partial charge in [-0.1, -0.05) is 12.1 Å². The fraction of sp³-hybridized carbons (Fsp3) is 0. The Bertz CT molecular complexity index is 572. The average molecular weight is 263 g/mol. The van der Waals surface area contributed by atoms with Crippen LogP contribution in [0.15, 0.2) is 29.8 Å². The van der Waals surface area contributed by atoms with Gasteiger partial charge in [0, 0.05) is 11.6 Å². The predicted octanol–water partition coefficient (Wildman–Crippen LogP) is -1.16. The minimum atomic E-state index is -1.18. The van der Waals surface area contributed by atoms with Crippen LogP contribution in [0.2, 0.25) is 0 Å². The maximum Gasteiger partial charge on any atom is 0.328 e. The Labute approximate surface area is 106 Å². The Kier molecular flexibility index (Phi) is 3.38. The molecule has 4 amide bonds. The third kappa shape index (κ3) is 2.65. The number of imide groups is 2. The molecule has 19 heavy (non-hydrogen) atoms. The van der Waals surface area contributed by atoms with E-state index in [1.54, 1.807) is 6.07 Å². The van der Waals surface area contributed by atoms with E-state index < -0.39 is 23.1 Å². The van der Waals surface area contributed by atoms with E-state index in [-0.39, 0.29) is 16.8 Å². The third-order valence-corrected chi connectivity index (χ3v) is 2.43. The van der Waals surface area contributed by atoms with Crippen LogP contribution in [0, 0.1) is 5.21 Å². The summed E-state index contributed by atoms with van der Waals surface area (Å²) in [7, 11) is 0. The van der Waals surface area contributed by atoms with Crippen LogP contribution in [0.4, 0.5) is 10.5 Å². The molecule has 4 N–H and O–H groups in total. The van der Waals surface area contributed by atoms with Crippen LogP contribution in [0.1, 0.15) is 5.56 Å². The second kappa shape index (κ2) is 4.98. The lowest BCUT2D eigenvalue weighted by molar-refractivity contribution is -0.991. The van der Waals surface area contributed by atoms with Crippen molar-refractivity contribution >= 4 is 29.6 Å². The third-order valence-electron chi connectivity index (χ3n) is 2.43. The minimum Gasteiger partial charge on any atom is -0.595 e. The van der Waals surface area contributed by atoms with Crippen LogP contribution in [0.3, 0.4) is 0 Å². The number of benzene rings is 1. The smallest absolute Gasteiger partial charge is 0.328 e. The van der Waals surface area contributed by atoms with Gasteiger partial charge in [-0.15, -0.1) is 0 Å². The van der Waals surface area contributed by atoms with Gasteiger partial charge in [0.15, 0.2) is 5.69 Å². The number of hydrogen-bond acceptors (Lipinski definition) is 5.